The molecule has 0 aromatic rings. The molecule has 0 aromatic heterocycles. The Balaban J connectivity index is -0.0000000456. The van der Waals surface area contributed by atoms with Gasteiger partial charge in [0.15, 0.2) is 0 Å². The molecule has 0 bridgehead atoms. The van der Waals surface area contributed by atoms with Crippen molar-refractivity contribution in [2.75, 3.05) is 0 Å². The number of alkyl halides is 1. The van der Waals surface area contributed by atoms with Gasteiger partial charge in [0.1, 0.15) is 0 Å². The lowest BCUT2D eigenvalue weighted by Gasteiger charge is -2.02. The Hall–Kier alpha value is -1.59. The summed E-state index contributed by atoms with van der Waals surface area (Å²) in [7, 11) is 0. The average molecular weight is 700 g/mol. The van der Waals surface area contributed by atoms with Crippen LogP contribution in [-0.4, -0.2) is 5.79 Å². The summed E-state index contributed by atoms with van der Waals surface area (Å²) in [6.07, 6.45) is 31.7. The Kier molecular flexibility index (Phi) is 120. The fourth-order valence-electron chi connectivity index (χ4n) is 2.76. The van der Waals surface area contributed by atoms with Crippen molar-refractivity contribution >= 4 is 0 Å². The Labute approximate surface area is 316 Å². The van der Waals surface area contributed by atoms with Crippen LogP contribution in [0.1, 0.15) is 230 Å². The smallest absolute Gasteiger partial charge is 0.217 e. The summed E-state index contributed by atoms with van der Waals surface area (Å²) in [5.74, 6) is 1.50. The zero-order valence-electron chi connectivity index (χ0n) is 38.9. The molecule has 0 amide bonds. The highest BCUT2D eigenvalue weighted by Crippen LogP contribution is 2.08. The third kappa shape index (κ3) is 131. The van der Waals surface area contributed by atoms with Gasteiger partial charge >= 0.3 is 0 Å². The molecule has 0 heterocycles. The first-order valence-electron chi connectivity index (χ1n) is 20.9. The van der Waals surface area contributed by atoms with Crippen molar-refractivity contribution < 1.29 is 4.39 Å². The van der Waals surface area contributed by atoms with Gasteiger partial charge in [0.05, 0.1) is 0 Å². The van der Waals surface area contributed by atoms with E-state index in [0.717, 1.165) is 18.8 Å². The first-order chi connectivity index (χ1) is 23.3. The van der Waals surface area contributed by atoms with Crippen LogP contribution in [0.25, 0.3) is 0 Å². The van der Waals surface area contributed by atoms with Gasteiger partial charge in [0, 0.05) is 0 Å². The van der Waals surface area contributed by atoms with Crippen LogP contribution in [-0.2, 0) is 0 Å². The summed E-state index contributed by atoms with van der Waals surface area (Å²) in [6, 6.07) is 0. The monoisotopic (exact) mass is 700 g/mol. The number of nitrogens with two attached hydrogens (primary N) is 1. The Morgan fingerprint density at radius 3 is 1.39 bits per heavy atom. The van der Waals surface area contributed by atoms with Crippen molar-refractivity contribution in [3.8, 4) is 12.3 Å². The van der Waals surface area contributed by atoms with Crippen LogP contribution in [0, 0.1) is 24.2 Å². The number of allylic oxidation sites excluding steroid dienone is 8. The summed E-state index contributed by atoms with van der Waals surface area (Å²) in [5.41, 5.74) is 7.70. The van der Waals surface area contributed by atoms with Crippen LogP contribution in [0.5, 0.6) is 0 Å². The molecule has 3 unspecified atom stereocenters. The molecular formula is C47H102FN. The van der Waals surface area contributed by atoms with Crippen LogP contribution < -0.4 is 5.73 Å². The van der Waals surface area contributed by atoms with Crippen molar-refractivity contribution in [2.24, 2.45) is 17.6 Å². The predicted octanol–water partition coefficient (Wildman–Crippen LogP) is 18.1. The molecule has 1 nitrogen and oxygen atoms in total. The maximum Gasteiger partial charge on any atom is 0.217 e. The molecule has 2 heteroatoms. The molecular weight excluding hydrogens is 598 g/mol. The maximum atomic E-state index is 11.7. The van der Waals surface area contributed by atoms with Crippen LogP contribution in [0.3, 0.4) is 0 Å². The molecule has 0 aliphatic heterocycles. The van der Waals surface area contributed by atoms with Gasteiger partial charge in [-0.05, 0) is 65.2 Å². The molecule has 2 N–H and O–H groups in total. The molecule has 0 saturated heterocycles. The molecule has 0 spiro atoms. The zero-order chi connectivity index (χ0) is 41.5. The second kappa shape index (κ2) is 80.8. The van der Waals surface area contributed by atoms with Crippen molar-refractivity contribution in [3.63, 3.8) is 0 Å². The van der Waals surface area contributed by atoms with Gasteiger partial charge in [-0.15, -0.1) is 6.42 Å². The highest BCUT2D eigenvalue weighted by molar-refractivity contribution is 5.01. The van der Waals surface area contributed by atoms with E-state index in [9.17, 15) is 4.39 Å². The van der Waals surface area contributed by atoms with Crippen molar-refractivity contribution in [1.29, 1.82) is 0 Å². The van der Waals surface area contributed by atoms with E-state index in [2.05, 4.69) is 119 Å². The zero-order valence-corrected chi connectivity index (χ0v) is 38.9. The molecule has 0 fully saturated rings. The lowest BCUT2D eigenvalue weighted by Crippen LogP contribution is -2.26. The molecule has 0 saturated carbocycles. The van der Waals surface area contributed by atoms with E-state index < -0.39 is 5.79 Å². The van der Waals surface area contributed by atoms with Gasteiger partial charge in [0.25, 0.3) is 0 Å². The summed E-state index contributed by atoms with van der Waals surface area (Å²) in [4.78, 5) is 0. The topological polar surface area (TPSA) is 26.0 Å². The van der Waals surface area contributed by atoms with Crippen molar-refractivity contribution in [2.45, 2.75) is 236 Å². The van der Waals surface area contributed by atoms with E-state index in [1.807, 2.05) is 82.2 Å². The van der Waals surface area contributed by atoms with E-state index in [0.29, 0.717) is 0 Å². The molecule has 49 heavy (non-hydrogen) atoms. The normalized spacial score (nSPS) is 11.9. The summed E-state index contributed by atoms with van der Waals surface area (Å²) >= 11 is 0. The number of halogens is 1. The Morgan fingerprint density at radius 1 is 0.714 bits per heavy atom. The number of unbranched alkanes of at least 4 members (excludes halogenated alkanes) is 2. The predicted molar refractivity (Wildman–Crippen MR) is 240 cm³/mol. The Bertz CT molecular complexity index is 611. The first kappa shape index (κ1) is 73.0. The van der Waals surface area contributed by atoms with E-state index in [1.165, 1.54) is 76.2 Å². The van der Waals surface area contributed by atoms with Crippen LogP contribution >= 0.6 is 0 Å². The highest BCUT2D eigenvalue weighted by Gasteiger charge is 2.07. The number of rotatable bonds is 13. The van der Waals surface area contributed by atoms with Gasteiger partial charge in [-0.25, -0.2) is 4.39 Å². The minimum Gasteiger partial charge on any atom is -0.289 e. The van der Waals surface area contributed by atoms with E-state index in [4.69, 9.17) is 0 Å². The fraction of sp³-hybridized carbons (Fsp3) is 0.787. The third-order valence-electron chi connectivity index (χ3n) is 5.85. The molecule has 3 atom stereocenters. The first-order valence-corrected chi connectivity index (χ1v) is 20.9. The quantitative estimate of drug-likeness (QED) is 0.0880. The van der Waals surface area contributed by atoms with Crippen LogP contribution in [0.15, 0.2) is 47.6 Å². The van der Waals surface area contributed by atoms with Gasteiger partial charge in [0.2, 0.25) is 5.79 Å². The van der Waals surface area contributed by atoms with Crippen LogP contribution in [0.2, 0.25) is 0 Å². The fourth-order valence-corrected chi connectivity index (χ4v) is 2.76. The number of hydrogen-bond donors (Lipinski definition) is 1. The molecule has 0 aromatic carbocycles. The van der Waals surface area contributed by atoms with Crippen molar-refractivity contribution in [3.05, 3.63) is 47.6 Å². The molecule has 302 valence electrons. The van der Waals surface area contributed by atoms with Gasteiger partial charge in [-0.1, -0.05) is 230 Å². The maximum absolute atomic E-state index is 11.7. The van der Waals surface area contributed by atoms with Gasteiger partial charge < -0.3 is 0 Å². The summed E-state index contributed by atoms with van der Waals surface area (Å²) in [5, 5.41) is 0. The second-order valence-electron chi connectivity index (χ2n) is 10.6. The standard InChI is InChI=1S/2C9H18.C8H14.C7H16.C4H6FN.5C2H6/c1-5-8(3)7-9(4)6-2;1-4-6-8-9(3)7-5-2;1-3-5-7-8-6-4-2;1-4-6-7(3)5-2;1-3-4(2,5)6;5*1-2/h7-8H,5-6H2,1-4H3;8H,4-7H2,1-3H3;3,5,7-8H,4,6H2,1-2H3;7H,4-6H2,1-3H3;1H,6H2,2H3;5*1-2H3/b9-7+;9-8-;5-3-,8-7-;;;;;;;. The van der Waals surface area contributed by atoms with E-state index >= 15 is 0 Å². The second-order valence-corrected chi connectivity index (χ2v) is 10.6. The lowest BCUT2D eigenvalue weighted by molar-refractivity contribution is 0.283. The SMILES string of the molecule is C#CC(C)(N)F.C/C=C\C=C/CCC.CC.CC.CC.CC.CC.CC/C(C)=C/C(C)CC.CCC/C=C(/C)CCC.CCCC(C)CC. The minimum atomic E-state index is -1.93. The third-order valence-corrected chi connectivity index (χ3v) is 5.85. The van der Waals surface area contributed by atoms with Gasteiger partial charge in [-0.3, -0.25) is 5.73 Å². The number of hydrogen-bond acceptors (Lipinski definition) is 1. The molecule has 0 radical (unpaired) electrons. The van der Waals surface area contributed by atoms with Crippen LogP contribution in [0.4, 0.5) is 4.39 Å². The van der Waals surface area contributed by atoms with E-state index in [-0.39, 0.29) is 0 Å². The minimum absolute atomic E-state index is 0.768. The molecule has 0 aliphatic carbocycles. The average Bonchev–Trinajstić information content (AvgIpc) is 3.14. The molecule has 0 rings (SSSR count). The summed E-state index contributed by atoms with van der Waals surface area (Å²) in [6.45, 7) is 47.7. The van der Waals surface area contributed by atoms with Crippen molar-refractivity contribution in [1.82, 2.24) is 0 Å². The lowest BCUT2D eigenvalue weighted by atomic mass is 10.0. The largest absolute Gasteiger partial charge is 0.289 e. The molecule has 0 aliphatic rings. The Morgan fingerprint density at radius 2 is 1.14 bits per heavy atom. The van der Waals surface area contributed by atoms with E-state index in [1.54, 1.807) is 11.5 Å². The van der Waals surface area contributed by atoms with Gasteiger partial charge in [-0.2, -0.15) is 0 Å². The number of terminal acetylenes is 1. The summed E-state index contributed by atoms with van der Waals surface area (Å²) < 4.78 is 11.7. The highest BCUT2D eigenvalue weighted by atomic mass is 19.1.